The molecule has 0 amide bonds. The van der Waals surface area contributed by atoms with Crippen LogP contribution in [0.5, 0.6) is 11.5 Å². The van der Waals surface area contributed by atoms with Crippen molar-refractivity contribution in [3.8, 4) is 11.5 Å². The molecule has 0 radical (unpaired) electrons. The molecular formula is C15H14ClNO2S. The zero-order chi connectivity index (χ0) is 14.5. The SMILES string of the molecule is COc1cccc(C(N)=S)c1OCc1cccc(Cl)c1. The second kappa shape index (κ2) is 6.59. The van der Waals surface area contributed by atoms with E-state index in [4.69, 9.17) is 39.0 Å². The Kier molecular flexibility index (Phi) is 4.82. The molecule has 2 N–H and O–H groups in total. The zero-order valence-corrected chi connectivity index (χ0v) is 12.5. The molecule has 0 aliphatic carbocycles. The highest BCUT2D eigenvalue weighted by molar-refractivity contribution is 7.80. The molecule has 0 aromatic heterocycles. The molecule has 5 heteroatoms. The van der Waals surface area contributed by atoms with Gasteiger partial charge in [-0.2, -0.15) is 0 Å². The maximum atomic E-state index is 5.95. The van der Waals surface area contributed by atoms with Crippen molar-refractivity contribution in [1.82, 2.24) is 0 Å². The number of halogens is 1. The first-order chi connectivity index (χ1) is 9.61. The van der Waals surface area contributed by atoms with E-state index < -0.39 is 0 Å². The molecule has 2 aromatic carbocycles. The van der Waals surface area contributed by atoms with Gasteiger partial charge in [0.05, 0.1) is 12.7 Å². The van der Waals surface area contributed by atoms with Crippen LogP contribution < -0.4 is 15.2 Å². The summed E-state index contributed by atoms with van der Waals surface area (Å²) in [5, 5.41) is 0.667. The van der Waals surface area contributed by atoms with Gasteiger partial charge < -0.3 is 15.2 Å². The fourth-order valence-corrected chi connectivity index (χ4v) is 2.18. The van der Waals surface area contributed by atoms with Gasteiger partial charge in [0, 0.05) is 5.02 Å². The van der Waals surface area contributed by atoms with Crippen LogP contribution in [-0.4, -0.2) is 12.1 Å². The van der Waals surface area contributed by atoms with Crippen molar-refractivity contribution >= 4 is 28.8 Å². The van der Waals surface area contributed by atoms with Gasteiger partial charge in [-0.15, -0.1) is 0 Å². The molecule has 104 valence electrons. The number of thiocarbonyl (C=S) groups is 1. The maximum Gasteiger partial charge on any atom is 0.171 e. The third kappa shape index (κ3) is 3.40. The van der Waals surface area contributed by atoms with Crippen molar-refractivity contribution in [2.24, 2.45) is 5.73 Å². The van der Waals surface area contributed by atoms with Crippen molar-refractivity contribution in [1.29, 1.82) is 0 Å². The highest BCUT2D eigenvalue weighted by Gasteiger charge is 2.12. The molecule has 0 saturated heterocycles. The van der Waals surface area contributed by atoms with Gasteiger partial charge in [0.2, 0.25) is 0 Å². The van der Waals surface area contributed by atoms with Crippen LogP contribution in [0.1, 0.15) is 11.1 Å². The third-order valence-corrected chi connectivity index (χ3v) is 3.19. The molecule has 0 heterocycles. The van der Waals surface area contributed by atoms with Gasteiger partial charge in [-0.1, -0.05) is 42.0 Å². The van der Waals surface area contributed by atoms with Gasteiger partial charge in [-0.05, 0) is 29.8 Å². The maximum absolute atomic E-state index is 5.95. The summed E-state index contributed by atoms with van der Waals surface area (Å²) in [5.74, 6) is 1.14. The highest BCUT2D eigenvalue weighted by atomic mass is 35.5. The van der Waals surface area contributed by atoms with E-state index in [-0.39, 0.29) is 4.99 Å². The van der Waals surface area contributed by atoms with Gasteiger partial charge in [-0.3, -0.25) is 0 Å². The average molecular weight is 308 g/mol. The predicted molar refractivity (Wildman–Crippen MR) is 84.7 cm³/mol. The normalized spacial score (nSPS) is 10.1. The Balaban J connectivity index is 2.26. The summed E-state index contributed by atoms with van der Waals surface area (Å²) in [6, 6.07) is 12.9. The number of nitrogens with two attached hydrogens (primary N) is 1. The van der Waals surface area contributed by atoms with Crippen LogP contribution in [0.2, 0.25) is 5.02 Å². The predicted octanol–water partition coefficient (Wildman–Crippen LogP) is 3.56. The Bertz CT molecular complexity index is 631. The molecule has 3 nitrogen and oxygen atoms in total. The quantitative estimate of drug-likeness (QED) is 0.858. The van der Waals surface area contributed by atoms with Crippen LogP contribution in [0.15, 0.2) is 42.5 Å². The first kappa shape index (κ1) is 14.6. The van der Waals surface area contributed by atoms with E-state index in [0.29, 0.717) is 28.7 Å². The third-order valence-electron chi connectivity index (χ3n) is 2.74. The van der Waals surface area contributed by atoms with E-state index >= 15 is 0 Å². The Morgan fingerprint density at radius 1 is 1.25 bits per heavy atom. The molecule has 0 fully saturated rings. The van der Waals surface area contributed by atoms with E-state index in [2.05, 4.69) is 0 Å². The Labute approximate surface area is 128 Å². The summed E-state index contributed by atoms with van der Waals surface area (Å²) in [7, 11) is 1.57. The van der Waals surface area contributed by atoms with E-state index in [1.807, 2.05) is 30.3 Å². The first-order valence-corrected chi connectivity index (χ1v) is 6.74. The lowest BCUT2D eigenvalue weighted by Gasteiger charge is -2.14. The number of rotatable bonds is 5. The van der Waals surface area contributed by atoms with Crippen molar-refractivity contribution < 1.29 is 9.47 Å². The van der Waals surface area contributed by atoms with Crippen molar-refractivity contribution in [3.63, 3.8) is 0 Å². The number of benzene rings is 2. The van der Waals surface area contributed by atoms with E-state index in [1.54, 1.807) is 19.2 Å². The van der Waals surface area contributed by atoms with Gasteiger partial charge >= 0.3 is 0 Å². The smallest absolute Gasteiger partial charge is 0.171 e. The lowest BCUT2D eigenvalue weighted by atomic mass is 10.2. The van der Waals surface area contributed by atoms with E-state index in [9.17, 15) is 0 Å². The Morgan fingerprint density at radius 3 is 2.65 bits per heavy atom. The standard InChI is InChI=1S/C15H14ClNO2S/c1-18-13-7-3-6-12(15(17)20)14(13)19-9-10-4-2-5-11(16)8-10/h2-8H,9H2,1H3,(H2,17,20). The number of ether oxygens (including phenoxy) is 2. The van der Waals surface area contributed by atoms with E-state index in [1.165, 1.54) is 0 Å². The van der Waals surface area contributed by atoms with Crippen molar-refractivity contribution in [2.75, 3.05) is 7.11 Å². The minimum atomic E-state index is 0.269. The second-order valence-corrected chi connectivity index (χ2v) is 5.00. The molecule has 0 spiro atoms. The Morgan fingerprint density at radius 2 is 2.00 bits per heavy atom. The van der Waals surface area contributed by atoms with Gasteiger partial charge in [-0.25, -0.2) is 0 Å². The molecule has 0 saturated carbocycles. The fourth-order valence-electron chi connectivity index (χ4n) is 1.80. The van der Waals surface area contributed by atoms with Crippen LogP contribution >= 0.6 is 23.8 Å². The van der Waals surface area contributed by atoms with Crippen LogP contribution in [0.4, 0.5) is 0 Å². The number of hydrogen-bond donors (Lipinski definition) is 1. The van der Waals surface area contributed by atoms with Gasteiger partial charge in [0.15, 0.2) is 11.5 Å². The summed E-state index contributed by atoms with van der Waals surface area (Å²) in [4.78, 5) is 0.269. The molecule has 0 atom stereocenters. The molecule has 0 unspecified atom stereocenters. The van der Waals surface area contributed by atoms with E-state index in [0.717, 1.165) is 5.56 Å². The number of hydrogen-bond acceptors (Lipinski definition) is 3. The highest BCUT2D eigenvalue weighted by Crippen LogP contribution is 2.31. The number of methoxy groups -OCH3 is 1. The molecular weight excluding hydrogens is 294 g/mol. The lowest BCUT2D eigenvalue weighted by molar-refractivity contribution is 0.284. The van der Waals surface area contributed by atoms with Gasteiger partial charge in [0.1, 0.15) is 11.6 Å². The largest absolute Gasteiger partial charge is 0.493 e. The summed E-state index contributed by atoms with van der Waals surface area (Å²) >= 11 is 11.0. The topological polar surface area (TPSA) is 44.5 Å². The first-order valence-electron chi connectivity index (χ1n) is 5.96. The fraction of sp³-hybridized carbons (Fsp3) is 0.133. The minimum absolute atomic E-state index is 0.269. The molecule has 2 aromatic rings. The summed E-state index contributed by atoms with van der Waals surface area (Å²) < 4.78 is 11.1. The van der Waals surface area contributed by atoms with Crippen molar-refractivity contribution in [2.45, 2.75) is 6.61 Å². The van der Waals surface area contributed by atoms with Crippen LogP contribution in [0, 0.1) is 0 Å². The number of para-hydroxylation sites is 1. The summed E-state index contributed by atoms with van der Waals surface area (Å²) in [6.07, 6.45) is 0. The molecule has 20 heavy (non-hydrogen) atoms. The molecule has 0 bridgehead atoms. The monoisotopic (exact) mass is 307 g/mol. The van der Waals surface area contributed by atoms with Crippen molar-refractivity contribution in [3.05, 3.63) is 58.6 Å². The zero-order valence-electron chi connectivity index (χ0n) is 10.9. The lowest BCUT2D eigenvalue weighted by Crippen LogP contribution is -2.12. The average Bonchev–Trinajstić information content (AvgIpc) is 2.44. The van der Waals surface area contributed by atoms with Gasteiger partial charge in [0.25, 0.3) is 0 Å². The van der Waals surface area contributed by atoms with Crippen LogP contribution in [-0.2, 0) is 6.61 Å². The Hall–Kier alpha value is -1.78. The molecule has 2 rings (SSSR count). The van der Waals surface area contributed by atoms with Crippen LogP contribution in [0.3, 0.4) is 0 Å². The second-order valence-electron chi connectivity index (χ2n) is 4.12. The van der Waals surface area contributed by atoms with Crippen LogP contribution in [0.25, 0.3) is 0 Å². The minimum Gasteiger partial charge on any atom is -0.493 e. The molecule has 0 aliphatic heterocycles. The molecule has 0 aliphatic rings. The summed E-state index contributed by atoms with van der Waals surface area (Å²) in [6.45, 7) is 0.358. The summed E-state index contributed by atoms with van der Waals surface area (Å²) in [5.41, 5.74) is 7.32.